The number of hydrogen-bond acceptors (Lipinski definition) is 4. The van der Waals surface area contributed by atoms with E-state index in [0.717, 1.165) is 24.9 Å². The van der Waals surface area contributed by atoms with Gasteiger partial charge in [0.25, 0.3) is 5.91 Å². The van der Waals surface area contributed by atoms with E-state index in [0.29, 0.717) is 44.1 Å². The quantitative estimate of drug-likeness (QED) is 0.840. The Kier molecular flexibility index (Phi) is 6.45. The van der Waals surface area contributed by atoms with Gasteiger partial charge in [0.05, 0.1) is 0 Å². The summed E-state index contributed by atoms with van der Waals surface area (Å²) in [7, 11) is 0. The first-order valence-electron chi connectivity index (χ1n) is 10.4. The average Bonchev–Trinajstić information content (AvgIpc) is 3.11. The summed E-state index contributed by atoms with van der Waals surface area (Å²) in [5.41, 5.74) is 0.913. The molecule has 158 valence electrons. The molecule has 1 N–H and O–H groups in total. The first-order valence-corrected chi connectivity index (χ1v) is 10.4. The van der Waals surface area contributed by atoms with Crippen LogP contribution >= 0.6 is 0 Å². The molecule has 0 aliphatic carbocycles. The smallest absolute Gasteiger partial charge is 0.407 e. The van der Waals surface area contributed by atoms with Gasteiger partial charge in [-0.2, -0.15) is 0 Å². The molecule has 0 spiro atoms. The summed E-state index contributed by atoms with van der Waals surface area (Å²) in [5, 5.41) is 2.83. The number of carbonyl (C=O) groups excluding carboxylic acids is 3. The van der Waals surface area contributed by atoms with Crippen LogP contribution in [0.15, 0.2) is 24.3 Å². The number of piperidine rings is 1. The van der Waals surface area contributed by atoms with E-state index in [1.807, 2.05) is 49.9 Å². The molecule has 2 fully saturated rings. The van der Waals surface area contributed by atoms with E-state index < -0.39 is 11.7 Å². The number of amides is 3. The molecule has 7 heteroatoms. The Balaban J connectivity index is 1.50. The molecule has 2 heterocycles. The molecule has 0 bridgehead atoms. The summed E-state index contributed by atoms with van der Waals surface area (Å²) >= 11 is 0. The van der Waals surface area contributed by atoms with E-state index in [-0.39, 0.29) is 11.8 Å². The zero-order valence-electron chi connectivity index (χ0n) is 17.6. The maximum atomic E-state index is 12.9. The second-order valence-corrected chi connectivity index (χ2v) is 8.82. The molecule has 2 saturated heterocycles. The molecule has 1 aromatic carbocycles. The molecule has 7 nitrogen and oxygen atoms in total. The molecule has 0 atom stereocenters. The molecular formula is C22H31N3O4. The highest BCUT2D eigenvalue weighted by Gasteiger charge is 2.26. The third-order valence-corrected chi connectivity index (χ3v) is 5.31. The molecule has 2 aliphatic heterocycles. The third kappa shape index (κ3) is 5.71. The molecular weight excluding hydrogens is 370 g/mol. The van der Waals surface area contributed by atoms with Gasteiger partial charge < -0.3 is 19.9 Å². The minimum absolute atomic E-state index is 0.00273. The molecule has 2 aliphatic rings. The van der Waals surface area contributed by atoms with Crippen LogP contribution in [-0.4, -0.2) is 54.6 Å². The Morgan fingerprint density at radius 1 is 1.17 bits per heavy atom. The molecule has 1 aromatic rings. The lowest BCUT2D eigenvalue weighted by molar-refractivity contribution is -0.117. The third-order valence-electron chi connectivity index (χ3n) is 5.31. The maximum Gasteiger partial charge on any atom is 0.407 e. The minimum atomic E-state index is -0.506. The fourth-order valence-corrected chi connectivity index (χ4v) is 3.79. The van der Waals surface area contributed by atoms with Crippen molar-refractivity contribution in [3.8, 4) is 0 Å². The van der Waals surface area contributed by atoms with Crippen LogP contribution in [0.5, 0.6) is 0 Å². The van der Waals surface area contributed by atoms with Crippen molar-refractivity contribution in [2.24, 2.45) is 5.92 Å². The standard InChI is InChI=1S/C22H31N3O4/c1-22(2,3)29-21(28)23-15-16-9-12-24(13-10-16)20(27)17-6-4-7-18(14-17)25-11-5-8-19(25)26/h4,6-7,14,16H,5,8-13,15H2,1-3H3,(H,23,28). The normalized spacial score (nSPS) is 18.1. The summed E-state index contributed by atoms with van der Waals surface area (Å²) in [6.07, 6.45) is 2.71. The van der Waals surface area contributed by atoms with Crippen molar-refractivity contribution in [3.63, 3.8) is 0 Å². The number of carbonyl (C=O) groups is 3. The zero-order valence-corrected chi connectivity index (χ0v) is 17.6. The Labute approximate surface area is 172 Å². The monoisotopic (exact) mass is 401 g/mol. The van der Waals surface area contributed by atoms with E-state index >= 15 is 0 Å². The topological polar surface area (TPSA) is 79.0 Å². The van der Waals surface area contributed by atoms with Crippen molar-refractivity contribution < 1.29 is 19.1 Å². The van der Waals surface area contributed by atoms with Crippen molar-refractivity contribution >= 4 is 23.6 Å². The predicted octanol–water partition coefficient (Wildman–Crippen LogP) is 3.19. The lowest BCUT2D eigenvalue weighted by Gasteiger charge is -2.32. The van der Waals surface area contributed by atoms with Crippen molar-refractivity contribution in [2.45, 2.75) is 52.1 Å². The number of likely N-dealkylation sites (tertiary alicyclic amines) is 1. The summed E-state index contributed by atoms with van der Waals surface area (Å²) in [6.45, 7) is 8.11. The molecule has 0 saturated carbocycles. The zero-order chi connectivity index (χ0) is 21.0. The highest BCUT2D eigenvalue weighted by Crippen LogP contribution is 2.24. The van der Waals surface area contributed by atoms with Gasteiger partial charge >= 0.3 is 6.09 Å². The number of rotatable bonds is 4. The Morgan fingerprint density at radius 3 is 2.52 bits per heavy atom. The first-order chi connectivity index (χ1) is 13.7. The number of alkyl carbamates (subject to hydrolysis) is 1. The van der Waals surface area contributed by atoms with Gasteiger partial charge in [-0.05, 0) is 64.2 Å². The van der Waals surface area contributed by atoms with E-state index in [1.165, 1.54) is 0 Å². The van der Waals surface area contributed by atoms with Crippen molar-refractivity contribution in [1.29, 1.82) is 0 Å². The van der Waals surface area contributed by atoms with Gasteiger partial charge in [-0.1, -0.05) is 6.07 Å². The second kappa shape index (κ2) is 8.84. The van der Waals surface area contributed by atoms with Gasteiger partial charge in [0.1, 0.15) is 5.60 Å². The highest BCUT2D eigenvalue weighted by atomic mass is 16.6. The van der Waals surface area contributed by atoms with Crippen molar-refractivity contribution in [3.05, 3.63) is 29.8 Å². The maximum absolute atomic E-state index is 12.9. The Morgan fingerprint density at radius 2 is 1.90 bits per heavy atom. The summed E-state index contributed by atoms with van der Waals surface area (Å²) < 4.78 is 5.26. The van der Waals surface area contributed by atoms with Crippen LogP contribution in [0.4, 0.5) is 10.5 Å². The SMILES string of the molecule is CC(C)(C)OC(=O)NCC1CCN(C(=O)c2cccc(N3CCCC3=O)c2)CC1. The van der Waals surface area contributed by atoms with E-state index in [2.05, 4.69) is 5.32 Å². The number of nitrogens with one attached hydrogen (secondary N) is 1. The van der Waals surface area contributed by atoms with Gasteiger partial charge in [-0.3, -0.25) is 9.59 Å². The van der Waals surface area contributed by atoms with E-state index in [1.54, 1.807) is 4.90 Å². The second-order valence-electron chi connectivity index (χ2n) is 8.82. The minimum Gasteiger partial charge on any atom is -0.444 e. The fraction of sp³-hybridized carbons (Fsp3) is 0.591. The van der Waals surface area contributed by atoms with Crippen LogP contribution in [0.25, 0.3) is 0 Å². The number of nitrogens with zero attached hydrogens (tertiary/aromatic N) is 2. The molecule has 29 heavy (non-hydrogen) atoms. The van der Waals surface area contributed by atoms with Crippen molar-refractivity contribution in [1.82, 2.24) is 10.2 Å². The van der Waals surface area contributed by atoms with Gasteiger partial charge in [0, 0.05) is 43.9 Å². The predicted molar refractivity (Wildman–Crippen MR) is 111 cm³/mol. The van der Waals surface area contributed by atoms with E-state index in [9.17, 15) is 14.4 Å². The van der Waals surface area contributed by atoms with Gasteiger partial charge in [0.2, 0.25) is 5.91 Å². The first kappa shape index (κ1) is 21.1. The summed E-state index contributed by atoms with van der Waals surface area (Å²) in [5.74, 6) is 0.449. The molecule has 0 unspecified atom stereocenters. The average molecular weight is 402 g/mol. The molecule has 0 radical (unpaired) electrons. The number of hydrogen-bond donors (Lipinski definition) is 1. The summed E-state index contributed by atoms with van der Waals surface area (Å²) in [6, 6.07) is 7.35. The number of anilines is 1. The summed E-state index contributed by atoms with van der Waals surface area (Å²) in [4.78, 5) is 40.3. The largest absolute Gasteiger partial charge is 0.444 e. The lowest BCUT2D eigenvalue weighted by atomic mass is 9.96. The van der Waals surface area contributed by atoms with Crippen molar-refractivity contribution in [2.75, 3.05) is 31.1 Å². The Hall–Kier alpha value is -2.57. The Bertz CT molecular complexity index is 764. The van der Waals surface area contributed by atoms with Crippen LogP contribution in [0, 0.1) is 5.92 Å². The highest BCUT2D eigenvalue weighted by molar-refractivity contribution is 5.99. The van der Waals surface area contributed by atoms with Gasteiger partial charge in [-0.25, -0.2) is 4.79 Å². The van der Waals surface area contributed by atoms with Crippen LogP contribution < -0.4 is 10.2 Å². The van der Waals surface area contributed by atoms with E-state index in [4.69, 9.17) is 4.74 Å². The van der Waals surface area contributed by atoms with Gasteiger partial charge in [-0.15, -0.1) is 0 Å². The van der Waals surface area contributed by atoms with Crippen LogP contribution in [0.3, 0.4) is 0 Å². The lowest BCUT2D eigenvalue weighted by Crippen LogP contribution is -2.42. The molecule has 3 amide bonds. The molecule has 0 aromatic heterocycles. The van der Waals surface area contributed by atoms with Gasteiger partial charge in [0.15, 0.2) is 0 Å². The van der Waals surface area contributed by atoms with Crippen LogP contribution in [0.2, 0.25) is 0 Å². The number of benzene rings is 1. The fourth-order valence-electron chi connectivity index (χ4n) is 3.79. The van der Waals surface area contributed by atoms with Crippen LogP contribution in [0.1, 0.15) is 56.8 Å². The van der Waals surface area contributed by atoms with Crippen LogP contribution in [-0.2, 0) is 9.53 Å². The number of ether oxygens (including phenoxy) is 1. The molecule has 3 rings (SSSR count).